The average Bonchev–Trinajstić information content (AvgIpc) is 2.66. The molecular weight excluding hydrogens is 388 g/mol. The fraction of sp³-hybridized carbons (Fsp3) is 0.0556. The van der Waals surface area contributed by atoms with E-state index in [1.165, 1.54) is 23.9 Å². The van der Waals surface area contributed by atoms with Gasteiger partial charge in [0.15, 0.2) is 5.16 Å². The van der Waals surface area contributed by atoms with E-state index in [2.05, 4.69) is 9.97 Å². The van der Waals surface area contributed by atoms with Gasteiger partial charge in [0.05, 0.1) is 10.6 Å². The first-order chi connectivity index (χ1) is 13.0. The molecule has 0 saturated heterocycles. The highest BCUT2D eigenvalue weighted by molar-refractivity contribution is 7.98. The molecule has 0 amide bonds. The molecule has 3 rings (SSSR count). The van der Waals surface area contributed by atoms with Crippen LogP contribution >= 0.6 is 23.4 Å². The number of nitrogens with one attached hydrogen (secondary N) is 1. The first-order valence-electron chi connectivity index (χ1n) is 7.64. The summed E-state index contributed by atoms with van der Waals surface area (Å²) in [4.78, 5) is 29.5. The van der Waals surface area contributed by atoms with Crippen LogP contribution in [0.1, 0.15) is 11.1 Å². The van der Waals surface area contributed by atoms with Crippen molar-refractivity contribution in [1.82, 2.24) is 9.97 Å². The number of non-ortho nitro benzene ring substituents is 1. The zero-order valence-corrected chi connectivity index (χ0v) is 15.3. The van der Waals surface area contributed by atoms with Crippen LogP contribution in [0.25, 0.3) is 11.3 Å². The quantitative estimate of drug-likeness (QED) is 0.299. The number of nitro groups is 1. The molecule has 0 aliphatic carbocycles. The Kier molecular flexibility index (Phi) is 5.54. The minimum atomic E-state index is -0.534. The van der Waals surface area contributed by atoms with Gasteiger partial charge in [-0.3, -0.25) is 14.9 Å². The van der Waals surface area contributed by atoms with Gasteiger partial charge < -0.3 is 4.98 Å². The normalized spacial score (nSPS) is 10.4. The smallest absolute Gasteiger partial charge is 0.270 e. The molecule has 0 aliphatic heterocycles. The average molecular weight is 399 g/mol. The standard InChI is InChI=1S/C18H11ClN4O3S/c19-13-3-1-2-12(8-13)16-15(9-20)17(24)22-18(21-16)27-10-11-4-6-14(7-5-11)23(25)26/h1-8H,10H2,(H,21,22,24). The van der Waals surface area contributed by atoms with E-state index in [9.17, 15) is 20.2 Å². The Balaban J connectivity index is 1.89. The van der Waals surface area contributed by atoms with Gasteiger partial charge in [0.25, 0.3) is 11.2 Å². The summed E-state index contributed by atoms with van der Waals surface area (Å²) in [6.07, 6.45) is 0. The third kappa shape index (κ3) is 4.34. The fourth-order valence-corrected chi connectivity index (χ4v) is 3.34. The summed E-state index contributed by atoms with van der Waals surface area (Å²) in [5.74, 6) is 0.446. The van der Waals surface area contributed by atoms with Gasteiger partial charge in [0.2, 0.25) is 0 Å². The molecule has 3 aromatic rings. The summed E-state index contributed by atoms with van der Waals surface area (Å²) >= 11 is 7.25. The van der Waals surface area contributed by atoms with E-state index in [-0.39, 0.29) is 16.9 Å². The number of thioether (sulfide) groups is 1. The maximum atomic E-state index is 12.2. The zero-order chi connectivity index (χ0) is 19.4. The zero-order valence-electron chi connectivity index (χ0n) is 13.7. The molecule has 0 fully saturated rings. The van der Waals surface area contributed by atoms with Crippen LogP contribution < -0.4 is 5.56 Å². The number of hydrogen-bond donors (Lipinski definition) is 1. The lowest BCUT2D eigenvalue weighted by Crippen LogP contribution is -2.14. The second-order valence-corrected chi connectivity index (χ2v) is 6.83. The van der Waals surface area contributed by atoms with Crippen molar-refractivity contribution >= 4 is 29.1 Å². The lowest BCUT2D eigenvalue weighted by atomic mass is 10.1. The van der Waals surface area contributed by atoms with E-state index in [0.29, 0.717) is 21.5 Å². The van der Waals surface area contributed by atoms with E-state index in [1.807, 2.05) is 6.07 Å². The minimum Gasteiger partial charge on any atom is -0.300 e. The maximum Gasteiger partial charge on any atom is 0.270 e. The van der Waals surface area contributed by atoms with Crippen LogP contribution in [-0.2, 0) is 5.75 Å². The molecule has 2 aromatic carbocycles. The van der Waals surface area contributed by atoms with Crippen LogP contribution in [0.5, 0.6) is 0 Å². The molecule has 27 heavy (non-hydrogen) atoms. The topological polar surface area (TPSA) is 113 Å². The number of aromatic amines is 1. The van der Waals surface area contributed by atoms with Crippen molar-refractivity contribution in [2.45, 2.75) is 10.9 Å². The lowest BCUT2D eigenvalue weighted by Gasteiger charge is -2.07. The fourth-order valence-electron chi connectivity index (χ4n) is 2.33. The van der Waals surface area contributed by atoms with Gasteiger partial charge in [0, 0.05) is 28.5 Å². The molecular formula is C18H11ClN4O3S. The van der Waals surface area contributed by atoms with Crippen LogP contribution in [0.2, 0.25) is 5.02 Å². The first kappa shape index (κ1) is 18.6. The van der Waals surface area contributed by atoms with Crippen LogP contribution in [0, 0.1) is 21.4 Å². The monoisotopic (exact) mass is 398 g/mol. The van der Waals surface area contributed by atoms with Crippen LogP contribution in [0.3, 0.4) is 0 Å². The van der Waals surface area contributed by atoms with Crippen molar-refractivity contribution in [1.29, 1.82) is 5.26 Å². The molecule has 0 atom stereocenters. The summed E-state index contributed by atoms with van der Waals surface area (Å²) < 4.78 is 0. The summed E-state index contributed by atoms with van der Waals surface area (Å²) in [7, 11) is 0. The van der Waals surface area contributed by atoms with Crippen LogP contribution in [0.15, 0.2) is 58.5 Å². The van der Waals surface area contributed by atoms with Crippen LogP contribution in [-0.4, -0.2) is 14.9 Å². The Morgan fingerprint density at radius 2 is 2.00 bits per heavy atom. The maximum absolute atomic E-state index is 12.2. The molecule has 1 N–H and O–H groups in total. The highest BCUT2D eigenvalue weighted by Gasteiger charge is 2.14. The molecule has 0 saturated carbocycles. The van der Waals surface area contributed by atoms with Crippen LogP contribution in [0.4, 0.5) is 5.69 Å². The number of aromatic nitrogens is 2. The molecule has 1 heterocycles. The van der Waals surface area contributed by atoms with Crippen molar-refractivity contribution < 1.29 is 4.92 Å². The van der Waals surface area contributed by atoms with Gasteiger partial charge >= 0.3 is 0 Å². The molecule has 1 aromatic heterocycles. The number of nitrogens with zero attached hydrogens (tertiary/aromatic N) is 3. The molecule has 0 spiro atoms. The Morgan fingerprint density at radius 1 is 1.26 bits per heavy atom. The van der Waals surface area contributed by atoms with E-state index in [4.69, 9.17) is 11.6 Å². The number of hydrogen-bond acceptors (Lipinski definition) is 6. The molecule has 0 unspecified atom stereocenters. The third-order valence-electron chi connectivity index (χ3n) is 3.63. The highest BCUT2D eigenvalue weighted by atomic mass is 35.5. The number of nitro benzene ring substituents is 1. The Morgan fingerprint density at radius 3 is 2.63 bits per heavy atom. The number of nitriles is 1. The van der Waals surface area contributed by atoms with Crippen molar-refractivity contribution in [3.05, 3.63) is 85.1 Å². The summed E-state index contributed by atoms with van der Waals surface area (Å²) in [6.45, 7) is 0. The van der Waals surface area contributed by atoms with Gasteiger partial charge in [-0.2, -0.15) is 5.26 Å². The van der Waals surface area contributed by atoms with E-state index in [0.717, 1.165) is 5.56 Å². The Labute approximate surface area is 162 Å². The second kappa shape index (κ2) is 8.03. The number of H-pyrrole nitrogens is 1. The Hall–Kier alpha value is -3.15. The number of rotatable bonds is 5. The number of benzene rings is 2. The molecule has 134 valence electrons. The highest BCUT2D eigenvalue weighted by Crippen LogP contribution is 2.26. The predicted octanol–water partition coefficient (Wildman–Crippen LogP) is 4.16. The second-order valence-electron chi connectivity index (χ2n) is 5.43. The van der Waals surface area contributed by atoms with Crippen molar-refractivity contribution in [2.24, 2.45) is 0 Å². The van der Waals surface area contributed by atoms with Gasteiger partial charge in [-0.1, -0.05) is 47.6 Å². The molecule has 9 heteroatoms. The molecule has 0 radical (unpaired) electrons. The summed E-state index contributed by atoms with van der Waals surface area (Å²) in [6, 6.07) is 14.8. The summed E-state index contributed by atoms with van der Waals surface area (Å²) in [5, 5.41) is 20.8. The van der Waals surface area contributed by atoms with Crippen molar-refractivity contribution in [3.63, 3.8) is 0 Å². The lowest BCUT2D eigenvalue weighted by molar-refractivity contribution is -0.384. The van der Waals surface area contributed by atoms with E-state index < -0.39 is 10.5 Å². The van der Waals surface area contributed by atoms with Crippen molar-refractivity contribution in [3.8, 4) is 17.3 Å². The SMILES string of the molecule is N#Cc1c(-c2cccc(Cl)c2)nc(SCc2ccc([N+](=O)[O-])cc2)[nH]c1=O. The Bertz CT molecular complexity index is 1110. The van der Waals surface area contributed by atoms with Gasteiger partial charge in [-0.25, -0.2) is 4.98 Å². The minimum absolute atomic E-state index is 0.0110. The van der Waals surface area contributed by atoms with Crippen molar-refractivity contribution in [2.75, 3.05) is 0 Å². The first-order valence-corrected chi connectivity index (χ1v) is 9.01. The largest absolute Gasteiger partial charge is 0.300 e. The predicted molar refractivity (Wildman–Crippen MR) is 103 cm³/mol. The van der Waals surface area contributed by atoms with Gasteiger partial charge in [0.1, 0.15) is 11.6 Å². The third-order valence-corrected chi connectivity index (χ3v) is 4.81. The van der Waals surface area contributed by atoms with Gasteiger partial charge in [-0.05, 0) is 17.7 Å². The number of halogens is 1. The van der Waals surface area contributed by atoms with Gasteiger partial charge in [-0.15, -0.1) is 0 Å². The molecule has 7 nitrogen and oxygen atoms in total. The van der Waals surface area contributed by atoms with E-state index >= 15 is 0 Å². The molecule has 0 bridgehead atoms. The summed E-state index contributed by atoms with van der Waals surface area (Å²) in [5.41, 5.74) is 1.06. The molecule has 0 aliphatic rings. The van der Waals surface area contributed by atoms with E-state index in [1.54, 1.807) is 36.4 Å².